The van der Waals surface area contributed by atoms with E-state index >= 15 is 0 Å². The van der Waals surface area contributed by atoms with Crippen LogP contribution in [-0.2, 0) is 0 Å². The zero-order valence-electron chi connectivity index (χ0n) is 11.0. The lowest BCUT2D eigenvalue weighted by Crippen LogP contribution is -1.99. The normalized spacial score (nSPS) is 11.2. The molecule has 3 rings (SSSR count). The van der Waals surface area contributed by atoms with Gasteiger partial charge in [0, 0.05) is 15.7 Å². The minimum Gasteiger partial charge on any atom is -0.383 e. The Labute approximate surface area is 126 Å². The molecule has 0 saturated carbocycles. The van der Waals surface area contributed by atoms with Crippen LogP contribution in [0.1, 0.15) is 11.3 Å². The van der Waals surface area contributed by atoms with Gasteiger partial charge in [-0.25, -0.2) is 9.97 Å². The van der Waals surface area contributed by atoms with Gasteiger partial charge in [0.05, 0.1) is 11.1 Å². The molecule has 2 heterocycles. The van der Waals surface area contributed by atoms with Crippen molar-refractivity contribution in [2.45, 2.75) is 13.8 Å². The molecule has 2 aromatic heterocycles. The van der Waals surface area contributed by atoms with Crippen LogP contribution in [0.4, 0.5) is 5.82 Å². The number of fused-ring (bicyclic) bond motifs is 1. The highest BCUT2D eigenvalue weighted by atomic mass is 35.5. The first kappa shape index (κ1) is 13.2. The highest BCUT2D eigenvalue weighted by Gasteiger charge is 2.16. The summed E-state index contributed by atoms with van der Waals surface area (Å²) in [5, 5.41) is 2.02. The van der Waals surface area contributed by atoms with E-state index in [2.05, 4.69) is 9.97 Å². The first-order valence-electron chi connectivity index (χ1n) is 6.03. The molecule has 6 heteroatoms. The molecule has 0 unspecified atom stereocenters. The Bertz CT molecular complexity index is 803. The van der Waals surface area contributed by atoms with E-state index in [-0.39, 0.29) is 0 Å². The molecule has 3 aromatic rings. The summed E-state index contributed by atoms with van der Waals surface area (Å²) >= 11 is 12.2. The zero-order valence-corrected chi connectivity index (χ0v) is 12.5. The SMILES string of the molecule is Cc1c(C)n(-c2cc(Cl)cc(Cl)c2)c2ncnc(N)c12. The Morgan fingerprint density at radius 1 is 1.05 bits per heavy atom. The second kappa shape index (κ2) is 4.65. The van der Waals surface area contributed by atoms with Gasteiger partial charge in [0.1, 0.15) is 12.1 Å². The first-order chi connectivity index (χ1) is 9.49. The van der Waals surface area contributed by atoms with E-state index in [0.29, 0.717) is 15.9 Å². The fourth-order valence-corrected chi connectivity index (χ4v) is 2.93. The fraction of sp³-hybridized carbons (Fsp3) is 0.143. The van der Waals surface area contributed by atoms with Crippen molar-refractivity contribution < 1.29 is 0 Å². The van der Waals surface area contributed by atoms with Crippen LogP contribution in [0.25, 0.3) is 16.7 Å². The first-order valence-corrected chi connectivity index (χ1v) is 6.79. The van der Waals surface area contributed by atoms with Crippen LogP contribution in [0.15, 0.2) is 24.5 Å². The summed E-state index contributed by atoms with van der Waals surface area (Å²) in [6.45, 7) is 4.01. The lowest BCUT2D eigenvalue weighted by molar-refractivity contribution is 1.01. The average Bonchev–Trinajstić information content (AvgIpc) is 2.62. The van der Waals surface area contributed by atoms with Crippen molar-refractivity contribution in [2.24, 2.45) is 0 Å². The molecule has 0 saturated heterocycles. The summed E-state index contributed by atoms with van der Waals surface area (Å²) in [6, 6.07) is 5.39. The predicted molar refractivity (Wildman–Crippen MR) is 82.8 cm³/mol. The van der Waals surface area contributed by atoms with Crippen molar-refractivity contribution in [2.75, 3.05) is 5.73 Å². The van der Waals surface area contributed by atoms with Crippen molar-refractivity contribution in [1.82, 2.24) is 14.5 Å². The largest absolute Gasteiger partial charge is 0.383 e. The van der Waals surface area contributed by atoms with Gasteiger partial charge >= 0.3 is 0 Å². The van der Waals surface area contributed by atoms with Crippen LogP contribution in [-0.4, -0.2) is 14.5 Å². The Hall–Kier alpha value is -1.78. The molecule has 0 atom stereocenters. The molecule has 20 heavy (non-hydrogen) atoms. The number of nitrogens with zero attached hydrogens (tertiary/aromatic N) is 3. The van der Waals surface area contributed by atoms with E-state index in [1.54, 1.807) is 6.07 Å². The van der Waals surface area contributed by atoms with Gasteiger partial charge in [-0.1, -0.05) is 23.2 Å². The van der Waals surface area contributed by atoms with Crippen molar-refractivity contribution in [3.8, 4) is 5.69 Å². The van der Waals surface area contributed by atoms with E-state index in [1.165, 1.54) is 6.33 Å². The molecule has 1 aromatic carbocycles. The zero-order chi connectivity index (χ0) is 14.4. The number of aryl methyl sites for hydroxylation is 1. The Morgan fingerprint density at radius 2 is 1.70 bits per heavy atom. The van der Waals surface area contributed by atoms with Gasteiger partial charge in [0.2, 0.25) is 0 Å². The number of benzene rings is 1. The summed E-state index contributed by atoms with van der Waals surface area (Å²) in [7, 11) is 0. The smallest absolute Gasteiger partial charge is 0.150 e. The van der Waals surface area contributed by atoms with E-state index in [9.17, 15) is 0 Å². The highest BCUT2D eigenvalue weighted by molar-refractivity contribution is 6.34. The molecule has 0 spiro atoms. The number of rotatable bonds is 1. The summed E-state index contributed by atoms with van der Waals surface area (Å²) in [4.78, 5) is 8.40. The van der Waals surface area contributed by atoms with Crippen LogP contribution in [0.5, 0.6) is 0 Å². The molecule has 0 aliphatic carbocycles. The van der Waals surface area contributed by atoms with Gasteiger partial charge in [-0.2, -0.15) is 0 Å². The fourth-order valence-electron chi connectivity index (χ4n) is 2.41. The minimum atomic E-state index is 0.475. The monoisotopic (exact) mass is 306 g/mol. The van der Waals surface area contributed by atoms with Crippen LogP contribution >= 0.6 is 23.2 Å². The maximum Gasteiger partial charge on any atom is 0.150 e. The number of nitrogens with two attached hydrogens (primary N) is 1. The lowest BCUT2D eigenvalue weighted by atomic mass is 10.2. The van der Waals surface area contributed by atoms with Crippen LogP contribution in [0, 0.1) is 13.8 Å². The molecule has 0 fully saturated rings. The highest BCUT2D eigenvalue weighted by Crippen LogP contribution is 2.31. The lowest BCUT2D eigenvalue weighted by Gasteiger charge is -2.09. The van der Waals surface area contributed by atoms with E-state index in [1.807, 2.05) is 30.5 Å². The third kappa shape index (κ3) is 1.92. The van der Waals surface area contributed by atoms with Gasteiger partial charge in [0.25, 0.3) is 0 Å². The molecular formula is C14H12Cl2N4. The Morgan fingerprint density at radius 3 is 2.35 bits per heavy atom. The van der Waals surface area contributed by atoms with Gasteiger partial charge in [-0.15, -0.1) is 0 Å². The Kier molecular flexibility index (Phi) is 3.07. The van der Waals surface area contributed by atoms with Crippen LogP contribution < -0.4 is 5.73 Å². The quantitative estimate of drug-likeness (QED) is 0.741. The van der Waals surface area contributed by atoms with Crippen molar-refractivity contribution in [3.05, 3.63) is 45.8 Å². The third-order valence-corrected chi connectivity index (χ3v) is 3.86. The molecule has 0 amide bonds. The van der Waals surface area contributed by atoms with Gasteiger partial charge in [0.15, 0.2) is 5.65 Å². The second-order valence-corrected chi connectivity index (χ2v) is 5.50. The number of halogens is 2. The van der Waals surface area contributed by atoms with Gasteiger partial charge in [-0.05, 0) is 37.6 Å². The summed E-state index contributed by atoms with van der Waals surface area (Å²) in [6.07, 6.45) is 1.46. The summed E-state index contributed by atoms with van der Waals surface area (Å²) in [5.74, 6) is 0.475. The molecule has 0 radical (unpaired) electrons. The third-order valence-electron chi connectivity index (χ3n) is 3.43. The summed E-state index contributed by atoms with van der Waals surface area (Å²) in [5.41, 5.74) is 9.66. The topological polar surface area (TPSA) is 56.7 Å². The molecule has 0 aliphatic heterocycles. The van der Waals surface area contributed by atoms with Crippen LogP contribution in [0.2, 0.25) is 10.0 Å². The number of anilines is 1. The van der Waals surface area contributed by atoms with E-state index < -0.39 is 0 Å². The molecule has 0 aliphatic rings. The van der Waals surface area contributed by atoms with E-state index in [0.717, 1.165) is 28.0 Å². The summed E-state index contributed by atoms with van der Waals surface area (Å²) < 4.78 is 1.99. The second-order valence-electron chi connectivity index (χ2n) is 4.63. The minimum absolute atomic E-state index is 0.475. The van der Waals surface area contributed by atoms with Gasteiger partial charge < -0.3 is 5.73 Å². The Balaban J connectivity index is 2.42. The molecule has 4 nitrogen and oxygen atoms in total. The maximum atomic E-state index is 6.09. The number of hydrogen-bond donors (Lipinski definition) is 1. The average molecular weight is 307 g/mol. The van der Waals surface area contributed by atoms with Crippen molar-refractivity contribution in [1.29, 1.82) is 0 Å². The van der Waals surface area contributed by atoms with Gasteiger partial charge in [-0.3, -0.25) is 4.57 Å². The number of aromatic nitrogens is 3. The molecule has 102 valence electrons. The predicted octanol–water partition coefficient (Wildman–Crippen LogP) is 3.93. The molecular weight excluding hydrogens is 295 g/mol. The number of nitrogen functional groups attached to an aromatic ring is 1. The van der Waals surface area contributed by atoms with Crippen molar-refractivity contribution in [3.63, 3.8) is 0 Å². The van der Waals surface area contributed by atoms with Crippen molar-refractivity contribution >= 4 is 40.1 Å². The molecule has 0 bridgehead atoms. The van der Waals surface area contributed by atoms with E-state index in [4.69, 9.17) is 28.9 Å². The molecule has 2 N–H and O–H groups in total. The van der Waals surface area contributed by atoms with Crippen LogP contribution in [0.3, 0.4) is 0 Å². The maximum absolute atomic E-state index is 6.09. The number of hydrogen-bond acceptors (Lipinski definition) is 3. The standard InChI is InChI=1S/C14H12Cl2N4/c1-7-8(2)20(11-4-9(15)3-10(16)5-11)14-12(7)13(17)18-6-19-14/h3-6H,1-2H3,(H2,17,18,19).